The van der Waals surface area contributed by atoms with Gasteiger partial charge in [0.15, 0.2) is 23.1 Å². The molecule has 2 N–H and O–H groups in total. The molecule has 0 saturated carbocycles. The highest BCUT2D eigenvalue weighted by Gasteiger charge is 2.52. The van der Waals surface area contributed by atoms with Crippen LogP contribution < -0.4 is 5.43 Å². The fourth-order valence-electron chi connectivity index (χ4n) is 5.12. The van der Waals surface area contributed by atoms with Gasteiger partial charge in [-0.1, -0.05) is 12.1 Å². The maximum atomic E-state index is 15.1. The first-order chi connectivity index (χ1) is 15.8. The third-order valence-electron chi connectivity index (χ3n) is 6.54. The van der Waals surface area contributed by atoms with Crippen LogP contribution in [0.3, 0.4) is 0 Å². The average molecular weight is 461 g/mol. The molecule has 172 valence electrons. The van der Waals surface area contributed by atoms with Crippen LogP contribution in [-0.4, -0.2) is 51.9 Å². The first-order valence-electron chi connectivity index (χ1n) is 10.5. The molecule has 0 unspecified atom stereocenters. The van der Waals surface area contributed by atoms with Crippen molar-refractivity contribution < 1.29 is 32.3 Å². The van der Waals surface area contributed by atoms with Gasteiger partial charge in [0.2, 0.25) is 5.78 Å². The molecule has 2 fully saturated rings. The zero-order valence-electron chi connectivity index (χ0n) is 17.2. The van der Waals surface area contributed by atoms with Crippen LogP contribution >= 0.6 is 0 Å². The van der Waals surface area contributed by atoms with E-state index in [1.165, 1.54) is 22.0 Å². The second-order valence-corrected chi connectivity index (χ2v) is 8.34. The Hall–Kier alpha value is -3.40. The number of Topliss-reactive ketones (excluding diaryl/α,β-unsaturated/α-hetero) is 1. The molecule has 2 saturated heterocycles. The number of piperazine rings is 1. The Kier molecular flexibility index (Phi) is 5.12. The van der Waals surface area contributed by atoms with Crippen molar-refractivity contribution in [2.45, 2.75) is 30.8 Å². The monoisotopic (exact) mass is 461 g/mol. The van der Waals surface area contributed by atoms with Gasteiger partial charge >= 0.3 is 0 Å². The fourth-order valence-corrected chi connectivity index (χ4v) is 5.12. The minimum Gasteiger partial charge on any atom is -0.503 e. The minimum atomic E-state index is -1.14. The van der Waals surface area contributed by atoms with E-state index < -0.39 is 58.7 Å². The highest BCUT2D eigenvalue weighted by Crippen LogP contribution is 2.43. The Balaban J connectivity index is 1.74. The summed E-state index contributed by atoms with van der Waals surface area (Å²) in [5.74, 6) is -6.86. The molecule has 0 bridgehead atoms. The zero-order valence-corrected chi connectivity index (χ0v) is 17.2. The van der Waals surface area contributed by atoms with Gasteiger partial charge in [0, 0.05) is 18.5 Å². The van der Waals surface area contributed by atoms with Crippen LogP contribution in [-0.2, 0) is 9.59 Å². The predicted molar refractivity (Wildman–Crippen MR) is 108 cm³/mol. The molecular weight excluding hydrogens is 442 g/mol. The molecule has 2 aromatic carbocycles. The molecule has 0 spiro atoms. The highest BCUT2D eigenvalue weighted by atomic mass is 19.2. The second kappa shape index (κ2) is 7.87. The predicted octanol–water partition coefficient (Wildman–Crippen LogP) is 2.91. The third-order valence-corrected chi connectivity index (χ3v) is 6.54. The second-order valence-electron chi connectivity index (χ2n) is 8.34. The standard InChI is InChI=1S/C23H19F4N3O3/c24-12-4-5-13(15(26)9-12)19(11-3-6-14(25)16(27)8-11)20-17-2-1-7-29(17)23(33)21-22(32)18(31)10-28-30(20)21/h3-6,8-9,17,19-20,28,32H,1-2,7,10H2/t17-,19-,20-/m1/s1. The summed E-state index contributed by atoms with van der Waals surface area (Å²) in [7, 11) is 0. The van der Waals surface area contributed by atoms with Gasteiger partial charge in [0.1, 0.15) is 11.6 Å². The molecule has 33 heavy (non-hydrogen) atoms. The SMILES string of the molecule is O=C1CNN2C(=C1O)C(=O)N1CCC[C@@H]1[C@@H]2[C@H](c1ccc(F)c(F)c1)c1ccc(F)cc1F. The number of amides is 1. The summed E-state index contributed by atoms with van der Waals surface area (Å²) in [6, 6.07) is 4.86. The number of rotatable bonds is 3. The van der Waals surface area contributed by atoms with Gasteiger partial charge in [-0.2, -0.15) is 0 Å². The van der Waals surface area contributed by atoms with Gasteiger partial charge in [-0.15, -0.1) is 0 Å². The van der Waals surface area contributed by atoms with Crippen molar-refractivity contribution in [3.8, 4) is 0 Å². The van der Waals surface area contributed by atoms with Crippen LogP contribution in [0.15, 0.2) is 47.9 Å². The van der Waals surface area contributed by atoms with Crippen LogP contribution in [0.5, 0.6) is 0 Å². The van der Waals surface area contributed by atoms with Crippen molar-refractivity contribution >= 4 is 11.7 Å². The molecule has 2 aromatic rings. The van der Waals surface area contributed by atoms with E-state index >= 15 is 4.39 Å². The molecule has 5 rings (SSSR count). The topological polar surface area (TPSA) is 72.9 Å². The summed E-state index contributed by atoms with van der Waals surface area (Å²) in [6.07, 6.45) is 1.15. The van der Waals surface area contributed by atoms with Gasteiger partial charge in [0.05, 0.1) is 18.6 Å². The van der Waals surface area contributed by atoms with Gasteiger partial charge in [-0.25, -0.2) is 23.0 Å². The maximum Gasteiger partial charge on any atom is 0.275 e. The quantitative estimate of drug-likeness (QED) is 0.688. The van der Waals surface area contributed by atoms with E-state index in [0.29, 0.717) is 25.5 Å². The lowest BCUT2D eigenvalue weighted by Gasteiger charge is -2.50. The van der Waals surface area contributed by atoms with E-state index in [9.17, 15) is 27.9 Å². The number of nitrogens with zero attached hydrogens (tertiary/aromatic N) is 2. The molecule has 0 radical (unpaired) electrons. The number of fused-ring (bicyclic) bond motifs is 2. The van der Waals surface area contributed by atoms with E-state index in [1.54, 1.807) is 0 Å². The van der Waals surface area contributed by atoms with Crippen molar-refractivity contribution in [2.75, 3.05) is 13.1 Å². The number of carbonyl (C=O) groups is 2. The molecular formula is C23H19F4N3O3. The van der Waals surface area contributed by atoms with Crippen molar-refractivity contribution in [2.24, 2.45) is 0 Å². The molecule has 3 atom stereocenters. The first kappa shape index (κ1) is 21.4. The number of hydrogen-bond donors (Lipinski definition) is 2. The fraction of sp³-hybridized carbons (Fsp3) is 0.304. The Morgan fingerprint density at radius 1 is 1.00 bits per heavy atom. The van der Waals surface area contributed by atoms with E-state index in [0.717, 1.165) is 18.2 Å². The molecule has 6 nitrogen and oxygen atoms in total. The normalized spacial score (nSPS) is 23.6. The Morgan fingerprint density at radius 2 is 1.79 bits per heavy atom. The molecule has 3 aliphatic rings. The molecule has 1 amide bonds. The van der Waals surface area contributed by atoms with Crippen molar-refractivity contribution in [3.05, 3.63) is 82.3 Å². The summed E-state index contributed by atoms with van der Waals surface area (Å²) in [6.45, 7) is 0.0530. The number of nitrogens with one attached hydrogen (secondary N) is 1. The van der Waals surface area contributed by atoms with E-state index in [-0.39, 0.29) is 23.4 Å². The van der Waals surface area contributed by atoms with E-state index in [1.807, 2.05) is 0 Å². The lowest BCUT2D eigenvalue weighted by Crippen LogP contribution is -2.66. The number of aliphatic hydroxyl groups is 1. The number of halogens is 4. The molecule has 0 aliphatic carbocycles. The van der Waals surface area contributed by atoms with Gasteiger partial charge in [0.25, 0.3) is 5.91 Å². The number of ketones is 1. The summed E-state index contributed by atoms with van der Waals surface area (Å²) in [5.41, 5.74) is 2.75. The number of hydrazine groups is 1. The maximum absolute atomic E-state index is 15.1. The number of aliphatic hydroxyl groups excluding tert-OH is 1. The summed E-state index contributed by atoms with van der Waals surface area (Å²) < 4.78 is 56.7. The van der Waals surface area contributed by atoms with Crippen molar-refractivity contribution in [1.82, 2.24) is 15.3 Å². The molecule has 0 aromatic heterocycles. The number of carbonyl (C=O) groups excluding carboxylic acids is 2. The summed E-state index contributed by atoms with van der Waals surface area (Å²) in [5, 5.41) is 11.8. The van der Waals surface area contributed by atoms with Crippen LogP contribution in [0.25, 0.3) is 0 Å². The number of benzene rings is 2. The van der Waals surface area contributed by atoms with Gasteiger partial charge in [-0.05, 0) is 42.2 Å². The van der Waals surface area contributed by atoms with E-state index in [2.05, 4.69) is 5.43 Å². The van der Waals surface area contributed by atoms with Crippen LogP contribution in [0.4, 0.5) is 17.6 Å². The minimum absolute atomic E-state index is 0.00569. The lowest BCUT2D eigenvalue weighted by atomic mass is 9.78. The van der Waals surface area contributed by atoms with Crippen molar-refractivity contribution in [3.63, 3.8) is 0 Å². The third kappa shape index (κ3) is 3.36. The van der Waals surface area contributed by atoms with Crippen LogP contribution in [0.1, 0.15) is 29.9 Å². The largest absolute Gasteiger partial charge is 0.503 e. The first-order valence-corrected chi connectivity index (χ1v) is 10.5. The average Bonchev–Trinajstić information content (AvgIpc) is 3.26. The molecule has 3 aliphatic heterocycles. The highest BCUT2D eigenvalue weighted by molar-refractivity contribution is 6.06. The smallest absolute Gasteiger partial charge is 0.275 e. The van der Waals surface area contributed by atoms with Crippen LogP contribution in [0.2, 0.25) is 0 Å². The summed E-state index contributed by atoms with van der Waals surface area (Å²) in [4.78, 5) is 26.7. The van der Waals surface area contributed by atoms with Gasteiger partial charge < -0.3 is 10.0 Å². The van der Waals surface area contributed by atoms with E-state index in [4.69, 9.17) is 0 Å². The van der Waals surface area contributed by atoms with Crippen LogP contribution in [0, 0.1) is 23.3 Å². The Morgan fingerprint density at radius 3 is 2.52 bits per heavy atom. The Bertz CT molecular complexity index is 1200. The van der Waals surface area contributed by atoms with Gasteiger partial charge in [-0.3, -0.25) is 14.6 Å². The molecule has 3 heterocycles. The lowest BCUT2D eigenvalue weighted by molar-refractivity contribution is -0.141. The summed E-state index contributed by atoms with van der Waals surface area (Å²) >= 11 is 0. The van der Waals surface area contributed by atoms with Crippen molar-refractivity contribution in [1.29, 1.82) is 0 Å². The Labute approximate surface area is 186 Å². The molecule has 10 heteroatoms. The zero-order chi connectivity index (χ0) is 23.4. The number of hydrogen-bond acceptors (Lipinski definition) is 5.